The summed E-state index contributed by atoms with van der Waals surface area (Å²) in [6.45, 7) is 4.34. The van der Waals surface area contributed by atoms with Crippen molar-refractivity contribution < 1.29 is 9.53 Å². The molecule has 1 atom stereocenters. The number of fused-ring (bicyclic) bond motifs is 1. The summed E-state index contributed by atoms with van der Waals surface area (Å²) in [5, 5.41) is 4.21. The minimum absolute atomic E-state index is 0.334. The molecule has 7 nitrogen and oxygen atoms in total. The summed E-state index contributed by atoms with van der Waals surface area (Å²) >= 11 is 0. The van der Waals surface area contributed by atoms with Crippen LogP contribution in [0.4, 0.5) is 0 Å². The van der Waals surface area contributed by atoms with Gasteiger partial charge in [0.05, 0.1) is 41.1 Å². The van der Waals surface area contributed by atoms with Crippen LogP contribution in [0, 0.1) is 12.8 Å². The molecule has 32 heavy (non-hydrogen) atoms. The van der Waals surface area contributed by atoms with Crippen molar-refractivity contribution in [2.45, 2.75) is 19.8 Å². The number of H-pyrrole nitrogens is 1. The molecule has 5 rings (SSSR count). The van der Waals surface area contributed by atoms with Crippen LogP contribution in [0.3, 0.4) is 0 Å². The molecule has 1 saturated heterocycles. The van der Waals surface area contributed by atoms with Crippen molar-refractivity contribution in [2.75, 3.05) is 19.7 Å². The van der Waals surface area contributed by atoms with Crippen LogP contribution in [0.1, 0.15) is 28.9 Å². The van der Waals surface area contributed by atoms with Crippen LogP contribution in [-0.2, 0) is 4.74 Å². The Morgan fingerprint density at radius 1 is 1.19 bits per heavy atom. The summed E-state index contributed by atoms with van der Waals surface area (Å²) in [5.41, 5.74) is 5.65. The maximum Gasteiger partial charge on any atom is 0.339 e. The molecule has 1 aromatic carbocycles. The van der Waals surface area contributed by atoms with E-state index < -0.39 is 0 Å². The third-order valence-electron chi connectivity index (χ3n) is 5.82. The first-order valence-corrected chi connectivity index (χ1v) is 10.9. The number of nitrogens with zero attached hydrogens (tertiary/aromatic N) is 3. The van der Waals surface area contributed by atoms with Crippen LogP contribution >= 0.6 is 0 Å². The molecule has 1 aliphatic heterocycles. The van der Waals surface area contributed by atoms with Gasteiger partial charge in [-0.3, -0.25) is 9.97 Å². The SMILES string of the molecule is Cc1cccc(-c2[nH]cnc2-c2ccc3ncc(C(=O)OCC4CCCNC4)cc3c2)n1. The van der Waals surface area contributed by atoms with E-state index in [2.05, 4.69) is 25.3 Å². The third kappa shape index (κ3) is 4.24. The van der Waals surface area contributed by atoms with E-state index in [0.717, 1.165) is 65.2 Å². The van der Waals surface area contributed by atoms with Gasteiger partial charge in [0, 0.05) is 35.3 Å². The summed E-state index contributed by atoms with van der Waals surface area (Å²) in [4.78, 5) is 29.4. The summed E-state index contributed by atoms with van der Waals surface area (Å²) in [5.74, 6) is 0.0424. The number of aromatic nitrogens is 4. The van der Waals surface area contributed by atoms with E-state index in [1.165, 1.54) is 0 Å². The minimum atomic E-state index is -0.334. The number of hydrogen-bond donors (Lipinski definition) is 2. The molecule has 0 amide bonds. The van der Waals surface area contributed by atoms with Gasteiger partial charge in [-0.2, -0.15) is 0 Å². The van der Waals surface area contributed by atoms with Crippen LogP contribution < -0.4 is 5.32 Å². The van der Waals surface area contributed by atoms with Gasteiger partial charge in [-0.05, 0) is 56.6 Å². The summed E-state index contributed by atoms with van der Waals surface area (Å²) in [6, 6.07) is 13.7. The van der Waals surface area contributed by atoms with Crippen molar-refractivity contribution in [1.29, 1.82) is 0 Å². The van der Waals surface area contributed by atoms with Crippen LogP contribution in [0.2, 0.25) is 0 Å². The van der Waals surface area contributed by atoms with E-state index in [4.69, 9.17) is 4.74 Å². The molecule has 0 bridgehead atoms. The van der Waals surface area contributed by atoms with Gasteiger partial charge in [0.25, 0.3) is 0 Å². The Morgan fingerprint density at radius 3 is 2.97 bits per heavy atom. The Kier molecular flexibility index (Phi) is 5.64. The summed E-state index contributed by atoms with van der Waals surface area (Å²) in [6.07, 6.45) is 5.46. The van der Waals surface area contributed by atoms with Crippen LogP contribution in [-0.4, -0.2) is 45.6 Å². The smallest absolute Gasteiger partial charge is 0.339 e. The first kappa shape index (κ1) is 20.3. The lowest BCUT2D eigenvalue weighted by Gasteiger charge is -2.22. The highest BCUT2D eigenvalue weighted by molar-refractivity contribution is 5.95. The summed E-state index contributed by atoms with van der Waals surface area (Å²) < 4.78 is 5.56. The Balaban J connectivity index is 1.41. The highest BCUT2D eigenvalue weighted by Gasteiger charge is 2.17. The van der Waals surface area contributed by atoms with Gasteiger partial charge in [0.1, 0.15) is 0 Å². The van der Waals surface area contributed by atoms with E-state index in [9.17, 15) is 4.79 Å². The van der Waals surface area contributed by atoms with E-state index in [0.29, 0.717) is 18.1 Å². The van der Waals surface area contributed by atoms with E-state index in [1.54, 1.807) is 12.5 Å². The number of nitrogens with one attached hydrogen (secondary N) is 2. The molecule has 162 valence electrons. The number of esters is 1. The van der Waals surface area contributed by atoms with Gasteiger partial charge < -0.3 is 15.0 Å². The third-order valence-corrected chi connectivity index (χ3v) is 5.82. The monoisotopic (exact) mass is 427 g/mol. The van der Waals surface area contributed by atoms with Gasteiger partial charge in [-0.25, -0.2) is 9.78 Å². The molecule has 4 aromatic rings. The number of carbonyl (C=O) groups is 1. The summed E-state index contributed by atoms with van der Waals surface area (Å²) in [7, 11) is 0. The Labute approximate surface area is 186 Å². The molecule has 3 aromatic heterocycles. The molecule has 1 aliphatic rings. The number of aryl methyl sites for hydroxylation is 1. The highest BCUT2D eigenvalue weighted by Crippen LogP contribution is 2.30. The van der Waals surface area contributed by atoms with Crippen molar-refractivity contribution in [2.24, 2.45) is 5.92 Å². The number of carbonyl (C=O) groups excluding carboxylic acids is 1. The fourth-order valence-electron chi connectivity index (χ4n) is 4.12. The first-order chi connectivity index (χ1) is 15.7. The molecular formula is C25H25N5O2. The molecule has 0 radical (unpaired) electrons. The molecular weight excluding hydrogens is 402 g/mol. The van der Waals surface area contributed by atoms with Crippen molar-refractivity contribution in [3.05, 3.63) is 66.2 Å². The molecule has 0 spiro atoms. The van der Waals surface area contributed by atoms with Crippen LogP contribution in [0.15, 0.2) is 55.0 Å². The molecule has 2 N–H and O–H groups in total. The Bertz CT molecular complexity index is 1260. The number of imidazole rings is 1. The van der Waals surface area contributed by atoms with E-state index in [-0.39, 0.29) is 5.97 Å². The molecule has 7 heteroatoms. The van der Waals surface area contributed by atoms with Crippen molar-refractivity contribution in [1.82, 2.24) is 25.3 Å². The number of benzene rings is 1. The lowest BCUT2D eigenvalue weighted by Crippen LogP contribution is -2.32. The number of ether oxygens (including phenoxy) is 1. The predicted octanol–water partition coefficient (Wildman–Crippen LogP) is 4.15. The van der Waals surface area contributed by atoms with Gasteiger partial charge in [-0.1, -0.05) is 12.1 Å². The van der Waals surface area contributed by atoms with Gasteiger partial charge in [-0.15, -0.1) is 0 Å². The van der Waals surface area contributed by atoms with Gasteiger partial charge in [0.2, 0.25) is 0 Å². The predicted molar refractivity (Wildman–Crippen MR) is 123 cm³/mol. The molecule has 0 aliphatic carbocycles. The zero-order valence-corrected chi connectivity index (χ0v) is 18.0. The maximum atomic E-state index is 12.6. The van der Waals surface area contributed by atoms with Crippen molar-refractivity contribution >= 4 is 16.9 Å². The average molecular weight is 428 g/mol. The molecule has 1 unspecified atom stereocenters. The van der Waals surface area contributed by atoms with Crippen molar-refractivity contribution in [3.8, 4) is 22.6 Å². The fourth-order valence-corrected chi connectivity index (χ4v) is 4.12. The lowest BCUT2D eigenvalue weighted by molar-refractivity contribution is 0.0420. The minimum Gasteiger partial charge on any atom is -0.462 e. The Morgan fingerprint density at radius 2 is 2.12 bits per heavy atom. The molecule has 0 saturated carbocycles. The lowest BCUT2D eigenvalue weighted by atomic mass is 10.0. The highest BCUT2D eigenvalue weighted by atomic mass is 16.5. The van der Waals surface area contributed by atoms with Crippen LogP contribution in [0.5, 0.6) is 0 Å². The zero-order valence-electron chi connectivity index (χ0n) is 18.0. The van der Waals surface area contributed by atoms with Gasteiger partial charge >= 0.3 is 5.97 Å². The van der Waals surface area contributed by atoms with E-state index in [1.807, 2.05) is 49.4 Å². The number of aromatic amines is 1. The number of pyridine rings is 2. The maximum absolute atomic E-state index is 12.6. The van der Waals surface area contributed by atoms with Crippen LogP contribution in [0.25, 0.3) is 33.5 Å². The largest absolute Gasteiger partial charge is 0.462 e. The van der Waals surface area contributed by atoms with Gasteiger partial charge in [0.15, 0.2) is 0 Å². The quantitative estimate of drug-likeness (QED) is 0.465. The average Bonchev–Trinajstić information content (AvgIpc) is 3.32. The zero-order chi connectivity index (χ0) is 21.9. The molecule has 1 fully saturated rings. The number of rotatable bonds is 5. The second-order valence-corrected chi connectivity index (χ2v) is 8.23. The normalized spacial score (nSPS) is 16.2. The van der Waals surface area contributed by atoms with Crippen molar-refractivity contribution in [3.63, 3.8) is 0 Å². The Hall–Kier alpha value is -3.58. The van der Waals surface area contributed by atoms with E-state index >= 15 is 0 Å². The second kappa shape index (κ2) is 8.88. The number of piperidine rings is 1. The number of hydrogen-bond acceptors (Lipinski definition) is 6. The fraction of sp³-hybridized carbons (Fsp3) is 0.280. The second-order valence-electron chi connectivity index (χ2n) is 8.23. The standard InChI is InChI=1S/C25H25N5O2/c1-16-4-2-6-22(30-16)24-23(28-15-29-24)18-7-8-21-19(10-18)11-20(13-27-21)25(31)32-14-17-5-3-9-26-12-17/h2,4,6-8,10-11,13,15,17,26H,3,5,9,12,14H2,1H3,(H,28,29). The topological polar surface area (TPSA) is 92.8 Å². The first-order valence-electron chi connectivity index (χ1n) is 10.9. The molecule has 4 heterocycles.